The van der Waals surface area contributed by atoms with Gasteiger partial charge < -0.3 is 11.1 Å². The molecule has 0 spiro atoms. The maximum absolute atomic E-state index is 13.2. The molecule has 0 aliphatic heterocycles. The van der Waals surface area contributed by atoms with E-state index in [9.17, 15) is 4.39 Å². The van der Waals surface area contributed by atoms with Crippen molar-refractivity contribution in [1.82, 2.24) is 9.78 Å². The van der Waals surface area contributed by atoms with Gasteiger partial charge in [-0.15, -0.1) is 0 Å². The van der Waals surface area contributed by atoms with Crippen LogP contribution in [0.4, 0.5) is 10.2 Å². The van der Waals surface area contributed by atoms with Gasteiger partial charge in [0.05, 0.1) is 5.52 Å². The molecule has 86 valence electrons. The van der Waals surface area contributed by atoms with Crippen LogP contribution in [0.3, 0.4) is 0 Å². The Morgan fingerprint density at radius 1 is 1.56 bits per heavy atom. The summed E-state index contributed by atoms with van der Waals surface area (Å²) in [6.07, 6.45) is 0. The highest BCUT2D eigenvalue weighted by molar-refractivity contribution is 5.90. The number of rotatable bonds is 3. The molecular formula is C11H15FN4. The molecule has 1 heterocycles. The molecule has 0 saturated carbocycles. The number of nitrogens with zero attached hydrogens (tertiary/aromatic N) is 2. The number of hydrogen-bond donors (Lipinski definition) is 2. The predicted molar refractivity (Wildman–Crippen MR) is 62.8 cm³/mol. The van der Waals surface area contributed by atoms with E-state index >= 15 is 0 Å². The van der Waals surface area contributed by atoms with Crippen LogP contribution < -0.4 is 11.1 Å². The minimum atomic E-state index is -0.260. The van der Waals surface area contributed by atoms with Crippen molar-refractivity contribution < 1.29 is 4.39 Å². The molecule has 5 heteroatoms. The fourth-order valence-corrected chi connectivity index (χ4v) is 1.64. The first-order valence-electron chi connectivity index (χ1n) is 5.20. The SMILES string of the molecule is CC(CN)Nc1nn(C)c2ccc(F)cc12. The second-order valence-corrected chi connectivity index (χ2v) is 3.91. The van der Waals surface area contributed by atoms with Crippen LogP contribution >= 0.6 is 0 Å². The van der Waals surface area contributed by atoms with E-state index in [2.05, 4.69) is 10.4 Å². The second kappa shape index (κ2) is 4.09. The van der Waals surface area contributed by atoms with Gasteiger partial charge in [0.2, 0.25) is 0 Å². The third-order valence-electron chi connectivity index (χ3n) is 2.55. The van der Waals surface area contributed by atoms with Gasteiger partial charge in [0.1, 0.15) is 5.82 Å². The number of nitrogens with two attached hydrogens (primary N) is 1. The lowest BCUT2D eigenvalue weighted by atomic mass is 10.2. The maximum Gasteiger partial charge on any atom is 0.156 e. The number of aromatic nitrogens is 2. The van der Waals surface area contributed by atoms with Crippen molar-refractivity contribution in [2.75, 3.05) is 11.9 Å². The van der Waals surface area contributed by atoms with Crippen molar-refractivity contribution in [2.24, 2.45) is 12.8 Å². The molecule has 0 amide bonds. The first-order valence-corrected chi connectivity index (χ1v) is 5.20. The summed E-state index contributed by atoms with van der Waals surface area (Å²) >= 11 is 0. The fourth-order valence-electron chi connectivity index (χ4n) is 1.64. The second-order valence-electron chi connectivity index (χ2n) is 3.91. The number of hydrogen-bond acceptors (Lipinski definition) is 3. The fraction of sp³-hybridized carbons (Fsp3) is 0.364. The van der Waals surface area contributed by atoms with Crippen LogP contribution in [0.15, 0.2) is 18.2 Å². The molecule has 0 fully saturated rings. The summed E-state index contributed by atoms with van der Waals surface area (Å²) in [4.78, 5) is 0. The number of halogens is 1. The lowest BCUT2D eigenvalue weighted by Crippen LogP contribution is -2.25. The van der Waals surface area contributed by atoms with Gasteiger partial charge in [-0.3, -0.25) is 4.68 Å². The average Bonchev–Trinajstić information content (AvgIpc) is 2.55. The summed E-state index contributed by atoms with van der Waals surface area (Å²) in [5.74, 6) is 0.416. The lowest BCUT2D eigenvalue weighted by Gasteiger charge is -2.09. The molecule has 0 saturated heterocycles. The monoisotopic (exact) mass is 222 g/mol. The topological polar surface area (TPSA) is 55.9 Å². The van der Waals surface area contributed by atoms with Gasteiger partial charge in [0.15, 0.2) is 5.82 Å². The van der Waals surface area contributed by atoms with E-state index in [4.69, 9.17) is 5.73 Å². The Morgan fingerprint density at radius 2 is 2.31 bits per heavy atom. The van der Waals surface area contributed by atoms with Crippen LogP contribution in [-0.4, -0.2) is 22.4 Å². The van der Waals surface area contributed by atoms with Crippen molar-refractivity contribution in [3.8, 4) is 0 Å². The summed E-state index contributed by atoms with van der Waals surface area (Å²) in [5.41, 5.74) is 6.43. The summed E-state index contributed by atoms with van der Waals surface area (Å²) < 4.78 is 14.9. The normalized spacial score (nSPS) is 13.0. The van der Waals surface area contributed by atoms with Gasteiger partial charge in [0, 0.05) is 25.0 Å². The van der Waals surface area contributed by atoms with Crippen LogP contribution in [0, 0.1) is 5.82 Å². The van der Waals surface area contributed by atoms with Gasteiger partial charge in [-0.2, -0.15) is 5.10 Å². The minimum absolute atomic E-state index is 0.112. The Morgan fingerprint density at radius 3 is 3.00 bits per heavy atom. The molecule has 1 atom stereocenters. The van der Waals surface area contributed by atoms with E-state index in [1.165, 1.54) is 12.1 Å². The smallest absolute Gasteiger partial charge is 0.156 e. The maximum atomic E-state index is 13.2. The molecule has 4 nitrogen and oxygen atoms in total. The van der Waals surface area contributed by atoms with Crippen molar-refractivity contribution in [1.29, 1.82) is 0 Å². The average molecular weight is 222 g/mol. The summed E-state index contributed by atoms with van der Waals surface area (Å²) in [7, 11) is 1.83. The Hall–Kier alpha value is -1.62. The molecule has 1 aromatic heterocycles. The van der Waals surface area contributed by atoms with Crippen molar-refractivity contribution >= 4 is 16.7 Å². The molecule has 0 radical (unpaired) electrons. The number of aryl methyl sites for hydroxylation is 1. The Bertz CT molecular complexity index is 506. The molecule has 1 unspecified atom stereocenters. The summed E-state index contributed by atoms with van der Waals surface area (Å²) in [6, 6.07) is 4.74. The van der Waals surface area contributed by atoms with Gasteiger partial charge in [0.25, 0.3) is 0 Å². The van der Waals surface area contributed by atoms with Crippen LogP contribution in [0.1, 0.15) is 6.92 Å². The van der Waals surface area contributed by atoms with E-state index < -0.39 is 0 Å². The van der Waals surface area contributed by atoms with E-state index in [1.807, 2.05) is 14.0 Å². The van der Waals surface area contributed by atoms with Crippen LogP contribution in [0.2, 0.25) is 0 Å². The highest BCUT2D eigenvalue weighted by Gasteiger charge is 2.10. The standard InChI is InChI=1S/C11H15FN4/c1-7(6-13)14-11-9-5-8(12)3-4-10(9)16(2)15-11/h3-5,7H,6,13H2,1-2H3,(H,14,15). The van der Waals surface area contributed by atoms with Gasteiger partial charge in [-0.1, -0.05) is 0 Å². The van der Waals surface area contributed by atoms with Crippen LogP contribution in [0.5, 0.6) is 0 Å². The van der Waals surface area contributed by atoms with Crippen molar-refractivity contribution in [2.45, 2.75) is 13.0 Å². The summed E-state index contributed by atoms with van der Waals surface area (Å²) in [5, 5.41) is 8.24. The third kappa shape index (κ3) is 1.86. The highest BCUT2D eigenvalue weighted by atomic mass is 19.1. The molecule has 2 aromatic rings. The third-order valence-corrected chi connectivity index (χ3v) is 2.55. The number of fused-ring (bicyclic) bond motifs is 1. The first kappa shape index (κ1) is 10.9. The molecule has 2 rings (SSSR count). The zero-order valence-electron chi connectivity index (χ0n) is 9.37. The van der Waals surface area contributed by atoms with E-state index in [0.29, 0.717) is 12.4 Å². The zero-order valence-corrected chi connectivity index (χ0v) is 9.37. The van der Waals surface area contributed by atoms with E-state index in [1.54, 1.807) is 10.7 Å². The number of anilines is 1. The van der Waals surface area contributed by atoms with Gasteiger partial charge >= 0.3 is 0 Å². The molecular weight excluding hydrogens is 207 g/mol. The quantitative estimate of drug-likeness (QED) is 0.826. The predicted octanol–water partition coefficient (Wildman–Crippen LogP) is 1.47. The van der Waals surface area contributed by atoms with E-state index in [0.717, 1.165) is 10.9 Å². The lowest BCUT2D eigenvalue weighted by molar-refractivity contribution is 0.629. The van der Waals surface area contributed by atoms with Crippen molar-refractivity contribution in [3.05, 3.63) is 24.0 Å². The zero-order chi connectivity index (χ0) is 11.7. The van der Waals surface area contributed by atoms with E-state index in [-0.39, 0.29) is 11.9 Å². The Balaban J connectivity index is 2.48. The Labute approximate surface area is 93.2 Å². The van der Waals surface area contributed by atoms with Gasteiger partial charge in [-0.05, 0) is 25.1 Å². The highest BCUT2D eigenvalue weighted by Crippen LogP contribution is 2.23. The summed E-state index contributed by atoms with van der Waals surface area (Å²) in [6.45, 7) is 2.47. The molecule has 1 aromatic carbocycles. The number of benzene rings is 1. The van der Waals surface area contributed by atoms with Crippen molar-refractivity contribution in [3.63, 3.8) is 0 Å². The molecule has 0 bridgehead atoms. The molecule has 16 heavy (non-hydrogen) atoms. The van der Waals surface area contributed by atoms with Crippen LogP contribution in [-0.2, 0) is 7.05 Å². The largest absolute Gasteiger partial charge is 0.364 e. The number of nitrogens with one attached hydrogen (secondary N) is 1. The Kier molecular flexibility index (Phi) is 2.78. The minimum Gasteiger partial charge on any atom is -0.364 e. The molecule has 0 aliphatic rings. The first-order chi connectivity index (χ1) is 7.61. The van der Waals surface area contributed by atoms with Gasteiger partial charge in [-0.25, -0.2) is 4.39 Å². The van der Waals surface area contributed by atoms with Crippen LogP contribution in [0.25, 0.3) is 10.9 Å². The molecule has 3 N–H and O–H groups in total. The molecule has 0 aliphatic carbocycles.